The zero-order chi connectivity index (χ0) is 25.7. The molecule has 3 amide bonds. The van der Waals surface area contributed by atoms with Gasteiger partial charge in [-0.2, -0.15) is 12.6 Å². The number of guanidine groups is 1. The van der Waals surface area contributed by atoms with Crippen molar-refractivity contribution in [3.05, 3.63) is 0 Å². The predicted octanol–water partition coefficient (Wildman–Crippen LogP) is -2.74. The van der Waals surface area contributed by atoms with E-state index in [4.69, 9.17) is 17.2 Å². The van der Waals surface area contributed by atoms with Crippen LogP contribution in [-0.2, 0) is 19.2 Å². The molecule has 14 heteroatoms. The summed E-state index contributed by atoms with van der Waals surface area (Å²) in [6, 6.07) is -4.65. The summed E-state index contributed by atoms with van der Waals surface area (Å²) in [4.78, 5) is 53.0. The molecule has 0 aliphatic rings. The second kappa shape index (κ2) is 15.3. The van der Waals surface area contributed by atoms with Crippen LogP contribution in [0.1, 0.15) is 40.0 Å². The first kappa shape index (κ1) is 30.4. The van der Waals surface area contributed by atoms with E-state index in [0.717, 1.165) is 0 Å². The molecule has 0 radical (unpaired) electrons. The zero-order valence-electron chi connectivity index (χ0n) is 19.2. The van der Waals surface area contributed by atoms with Crippen LogP contribution in [0.3, 0.4) is 0 Å². The van der Waals surface area contributed by atoms with Crippen molar-refractivity contribution in [2.24, 2.45) is 28.1 Å². The lowest BCUT2D eigenvalue weighted by molar-refractivity contribution is -0.145. The van der Waals surface area contributed by atoms with Crippen LogP contribution in [0.4, 0.5) is 0 Å². The fourth-order valence-electron chi connectivity index (χ4n) is 2.75. The highest BCUT2D eigenvalue weighted by molar-refractivity contribution is 7.80. The van der Waals surface area contributed by atoms with E-state index in [-0.39, 0.29) is 43.4 Å². The highest BCUT2D eigenvalue weighted by atomic mass is 32.1. The number of aliphatic hydroxyl groups is 1. The topological polar surface area (TPSA) is 235 Å². The minimum Gasteiger partial charge on any atom is -0.480 e. The van der Waals surface area contributed by atoms with Crippen molar-refractivity contribution in [1.29, 1.82) is 0 Å². The van der Waals surface area contributed by atoms with Gasteiger partial charge in [0.15, 0.2) is 12.0 Å². The molecule has 0 aromatic carbocycles. The molecule has 0 saturated carbocycles. The summed E-state index contributed by atoms with van der Waals surface area (Å²) >= 11 is 3.97. The fourth-order valence-corrected chi connectivity index (χ4v) is 2.92. The zero-order valence-corrected chi connectivity index (χ0v) is 20.0. The maximum atomic E-state index is 12.9. The van der Waals surface area contributed by atoms with Crippen LogP contribution in [0.15, 0.2) is 4.99 Å². The number of aliphatic imine (C=N–C) groups is 1. The molecule has 5 unspecified atom stereocenters. The molecule has 0 aromatic rings. The molecule has 0 spiro atoms. The van der Waals surface area contributed by atoms with Gasteiger partial charge in [-0.3, -0.25) is 19.4 Å². The predicted molar refractivity (Wildman–Crippen MR) is 126 cm³/mol. The molecule has 0 fully saturated rings. The van der Waals surface area contributed by atoms with Crippen molar-refractivity contribution in [1.82, 2.24) is 16.0 Å². The number of nitrogens with two attached hydrogens (primary N) is 3. The van der Waals surface area contributed by atoms with Crippen molar-refractivity contribution in [3.8, 4) is 0 Å². The Hall–Kier alpha value is -2.58. The molecule has 0 aliphatic heterocycles. The Labute approximate surface area is 198 Å². The van der Waals surface area contributed by atoms with Gasteiger partial charge in [0.2, 0.25) is 17.7 Å². The molecule has 0 aromatic heterocycles. The van der Waals surface area contributed by atoms with Crippen molar-refractivity contribution < 1.29 is 29.4 Å². The molecule has 11 N–H and O–H groups in total. The summed E-state index contributed by atoms with van der Waals surface area (Å²) < 4.78 is 0. The minimum absolute atomic E-state index is 0.0223. The van der Waals surface area contributed by atoms with Crippen LogP contribution in [-0.4, -0.2) is 82.4 Å². The first-order chi connectivity index (χ1) is 15.3. The number of amides is 3. The fraction of sp³-hybridized carbons (Fsp3) is 0.737. The summed E-state index contributed by atoms with van der Waals surface area (Å²) in [6.07, 6.45) is -0.752. The molecule has 0 rings (SSSR count). The average molecular weight is 492 g/mol. The van der Waals surface area contributed by atoms with Gasteiger partial charge < -0.3 is 43.4 Å². The van der Waals surface area contributed by atoms with Gasteiger partial charge in [0.05, 0.1) is 12.1 Å². The quantitative estimate of drug-likeness (QED) is 0.0499. The molecule has 13 nitrogen and oxygen atoms in total. The Bertz CT molecular complexity index is 700. The van der Waals surface area contributed by atoms with Gasteiger partial charge in [-0.1, -0.05) is 13.8 Å². The number of hydrogen-bond acceptors (Lipinski definition) is 8. The monoisotopic (exact) mass is 491 g/mol. The second-order valence-electron chi connectivity index (χ2n) is 8.05. The van der Waals surface area contributed by atoms with Crippen LogP contribution in [0.25, 0.3) is 0 Å². The van der Waals surface area contributed by atoms with E-state index in [1.807, 2.05) is 13.8 Å². The third-order valence-corrected chi connectivity index (χ3v) is 4.89. The van der Waals surface area contributed by atoms with Crippen LogP contribution in [0.5, 0.6) is 0 Å². The Kier molecular flexibility index (Phi) is 14.1. The maximum absolute atomic E-state index is 12.9. The number of aliphatic hydroxyl groups excluding tert-OH is 1. The number of nitrogens with zero attached hydrogens (tertiary/aromatic N) is 1. The molecule has 0 bridgehead atoms. The van der Waals surface area contributed by atoms with Crippen LogP contribution >= 0.6 is 12.6 Å². The average Bonchev–Trinajstić information content (AvgIpc) is 2.71. The number of hydrogen-bond donors (Lipinski definition) is 9. The van der Waals surface area contributed by atoms with Gasteiger partial charge >= 0.3 is 5.97 Å². The molecule has 190 valence electrons. The Morgan fingerprint density at radius 2 is 1.52 bits per heavy atom. The largest absolute Gasteiger partial charge is 0.480 e. The normalized spacial score (nSPS) is 15.5. The molecule has 33 heavy (non-hydrogen) atoms. The summed E-state index contributed by atoms with van der Waals surface area (Å²) in [5.41, 5.74) is 16.2. The van der Waals surface area contributed by atoms with Crippen molar-refractivity contribution >= 4 is 42.3 Å². The number of nitrogens with one attached hydrogen (secondary N) is 3. The van der Waals surface area contributed by atoms with Gasteiger partial charge in [-0.25, -0.2) is 4.79 Å². The summed E-state index contributed by atoms with van der Waals surface area (Å²) in [5.74, 6) is -3.51. The number of carboxylic acids is 1. The first-order valence-corrected chi connectivity index (χ1v) is 11.2. The van der Waals surface area contributed by atoms with Gasteiger partial charge in [-0.15, -0.1) is 0 Å². The third kappa shape index (κ3) is 12.3. The second-order valence-corrected chi connectivity index (χ2v) is 8.42. The van der Waals surface area contributed by atoms with E-state index in [1.165, 1.54) is 6.92 Å². The van der Waals surface area contributed by atoms with E-state index in [9.17, 15) is 29.4 Å². The standard InChI is InChI=1S/C19H37N7O6S/c1-9(2)7-13(25-15(28)11(20)8-33)17(30)24-12(5-4-6-23-19(21)22)16(29)26-14(10(3)27)18(31)32/h9-14,27,33H,4-8,20H2,1-3H3,(H,24,30)(H,25,28)(H,26,29)(H,31,32)(H4,21,22,23). The van der Waals surface area contributed by atoms with Crippen LogP contribution < -0.4 is 33.2 Å². The summed E-state index contributed by atoms with van der Waals surface area (Å²) in [6.45, 7) is 5.09. The van der Waals surface area contributed by atoms with E-state index in [0.29, 0.717) is 0 Å². The molecule has 5 atom stereocenters. The van der Waals surface area contributed by atoms with Gasteiger partial charge in [-0.05, 0) is 32.1 Å². The highest BCUT2D eigenvalue weighted by Gasteiger charge is 2.31. The SMILES string of the molecule is CC(C)CC(NC(=O)C(N)CS)C(=O)NC(CCCN=C(N)N)C(=O)NC(C(=O)O)C(C)O. The molecular weight excluding hydrogens is 454 g/mol. The Morgan fingerprint density at radius 1 is 0.970 bits per heavy atom. The summed E-state index contributed by atoms with van der Waals surface area (Å²) in [7, 11) is 0. The Balaban J connectivity index is 5.57. The molecule has 0 aliphatic carbocycles. The van der Waals surface area contributed by atoms with Crippen molar-refractivity contribution in [2.45, 2.75) is 70.3 Å². The minimum atomic E-state index is -1.57. The molecular formula is C19H37N7O6S. The first-order valence-electron chi connectivity index (χ1n) is 10.5. The van der Waals surface area contributed by atoms with Crippen LogP contribution in [0, 0.1) is 5.92 Å². The number of rotatable bonds is 15. The Morgan fingerprint density at radius 3 is 1.97 bits per heavy atom. The lowest BCUT2D eigenvalue weighted by Gasteiger charge is -2.26. The van der Waals surface area contributed by atoms with E-state index < -0.39 is 54.0 Å². The van der Waals surface area contributed by atoms with Crippen molar-refractivity contribution in [2.75, 3.05) is 12.3 Å². The van der Waals surface area contributed by atoms with E-state index in [2.05, 4.69) is 33.6 Å². The van der Waals surface area contributed by atoms with E-state index in [1.54, 1.807) is 0 Å². The van der Waals surface area contributed by atoms with Gasteiger partial charge in [0, 0.05) is 12.3 Å². The number of thiol groups is 1. The maximum Gasteiger partial charge on any atom is 0.328 e. The van der Waals surface area contributed by atoms with Gasteiger partial charge in [0.25, 0.3) is 0 Å². The van der Waals surface area contributed by atoms with Crippen molar-refractivity contribution in [3.63, 3.8) is 0 Å². The van der Waals surface area contributed by atoms with E-state index >= 15 is 0 Å². The molecule has 0 heterocycles. The smallest absolute Gasteiger partial charge is 0.328 e. The molecule has 0 saturated heterocycles. The van der Waals surface area contributed by atoms with Crippen LogP contribution in [0.2, 0.25) is 0 Å². The summed E-state index contributed by atoms with van der Waals surface area (Å²) in [5, 5.41) is 26.2. The number of carboxylic acid groups (broad SMARTS) is 1. The lowest BCUT2D eigenvalue weighted by Crippen LogP contribution is -2.58. The third-order valence-electron chi connectivity index (χ3n) is 4.50. The number of carbonyl (C=O) groups excluding carboxylic acids is 3. The lowest BCUT2D eigenvalue weighted by atomic mass is 10.0. The number of carbonyl (C=O) groups is 4. The highest BCUT2D eigenvalue weighted by Crippen LogP contribution is 2.08. The van der Waals surface area contributed by atoms with Gasteiger partial charge in [0.1, 0.15) is 12.1 Å². The number of aliphatic carboxylic acids is 1.